The van der Waals surface area contributed by atoms with E-state index in [0.717, 1.165) is 6.92 Å². The number of rotatable bonds is 0. The van der Waals surface area contributed by atoms with Crippen LogP contribution in [0.2, 0.25) is 0 Å². The van der Waals surface area contributed by atoms with Gasteiger partial charge < -0.3 is 75.2 Å². The van der Waals surface area contributed by atoms with E-state index in [1.165, 1.54) is 0 Å². The molecule has 0 atom stereocenters. The van der Waals surface area contributed by atoms with Crippen LogP contribution in [-0.2, 0) is 21.9 Å². The zero-order valence-corrected chi connectivity index (χ0v) is 13.2. The molecule has 8 nitrogen and oxygen atoms in total. The van der Waals surface area contributed by atoms with Crippen molar-refractivity contribution in [2.24, 2.45) is 0 Å². The minimum Gasteiger partial charge on any atom is -1.00 e. The van der Waals surface area contributed by atoms with E-state index in [2.05, 4.69) is 0 Å². The molecule has 0 rings (SSSR count). The van der Waals surface area contributed by atoms with E-state index in [1.54, 1.807) is 0 Å². The van der Waals surface area contributed by atoms with Crippen LogP contribution in [0, 0.1) is 0 Å². The van der Waals surface area contributed by atoms with Crippen molar-refractivity contribution in [1.82, 2.24) is 0 Å². The first-order chi connectivity index (χ1) is 1.73. The summed E-state index contributed by atoms with van der Waals surface area (Å²) < 4.78 is 0. The topological polar surface area (TPSA) is 226 Å². The van der Waals surface area contributed by atoms with Gasteiger partial charge in [-0.15, -0.1) is 0 Å². The molecule has 0 saturated carbocycles. The van der Waals surface area contributed by atoms with Crippen LogP contribution in [0.4, 0.5) is 0 Å². The third-order valence-corrected chi connectivity index (χ3v) is 0. The molecule has 0 aliphatic carbocycles. The molecule has 0 spiro atoms. The quantitative estimate of drug-likeness (QED) is 0.418. The summed E-state index contributed by atoms with van der Waals surface area (Å²) in [6, 6.07) is 0. The normalized spacial score (nSPS) is 1.67. The average molecular weight is 353 g/mol. The fourth-order valence-corrected chi connectivity index (χ4v) is 0. The van der Waals surface area contributed by atoms with Crippen LogP contribution in [0.3, 0.4) is 0 Å². The Kier molecular flexibility index (Phi) is 1980. The van der Waals surface area contributed by atoms with Crippen molar-refractivity contribution in [3.8, 4) is 0 Å². The molecule has 0 aromatic rings. The molecular formula is C2H16Cl3FeNaO8. The maximum atomic E-state index is 9.00. The van der Waals surface area contributed by atoms with E-state index >= 15 is 0 Å². The number of hydrogen-bond donors (Lipinski definition) is 1. The van der Waals surface area contributed by atoms with Crippen LogP contribution in [-0.4, -0.2) is 43.9 Å². The minimum absolute atomic E-state index is 0. The summed E-state index contributed by atoms with van der Waals surface area (Å²) in [4.78, 5) is 9.00. The Hall–Kier alpha value is 1.62. The van der Waals surface area contributed by atoms with Crippen molar-refractivity contribution < 1.29 is 127 Å². The molecule has 0 aliphatic rings. The number of carboxylic acids is 1. The zero-order valence-electron chi connectivity index (χ0n) is 7.84. The van der Waals surface area contributed by atoms with Crippen molar-refractivity contribution in [3.05, 3.63) is 0 Å². The van der Waals surface area contributed by atoms with Crippen molar-refractivity contribution in [1.29, 1.82) is 0 Å². The van der Waals surface area contributed by atoms with E-state index in [-0.39, 0.29) is 117 Å². The molecule has 0 bridgehead atoms. The number of aliphatic carboxylic acids is 1. The first kappa shape index (κ1) is 190. The standard InChI is InChI=1S/C2H4O2.3ClH.Fe.Na.6H2O/c1-2(3)4;;;;;;;;;;;/h1H3,(H,3,4);3*1H;;;6*1H2/q;;;;+2;+1;;;;;;/p-3. The fourth-order valence-electron chi connectivity index (χ4n) is 0. The van der Waals surface area contributed by atoms with Crippen LogP contribution < -0.4 is 66.8 Å². The predicted molar refractivity (Wildman–Crippen MR) is 35.0 cm³/mol. The second-order valence-corrected chi connectivity index (χ2v) is 0.519. The number of carbonyl (C=O) groups is 1. The van der Waals surface area contributed by atoms with Crippen LogP contribution in [0.1, 0.15) is 6.92 Å². The van der Waals surface area contributed by atoms with Crippen LogP contribution in [0.5, 0.6) is 0 Å². The molecule has 0 radical (unpaired) electrons. The second-order valence-electron chi connectivity index (χ2n) is 0.519. The fraction of sp³-hybridized carbons (Fsp3) is 0.500. The summed E-state index contributed by atoms with van der Waals surface area (Å²) in [5.41, 5.74) is 0. The summed E-state index contributed by atoms with van der Waals surface area (Å²) in [5, 5.41) is 7.42. The molecule has 0 amide bonds. The van der Waals surface area contributed by atoms with Crippen LogP contribution in [0.15, 0.2) is 0 Å². The zero-order chi connectivity index (χ0) is 3.58. The van der Waals surface area contributed by atoms with Gasteiger partial charge in [0.25, 0.3) is 5.97 Å². The van der Waals surface area contributed by atoms with Gasteiger partial charge in [-0.05, 0) is 0 Å². The van der Waals surface area contributed by atoms with Gasteiger partial charge >= 0.3 is 46.6 Å². The molecule has 0 heterocycles. The van der Waals surface area contributed by atoms with Crippen molar-refractivity contribution in [3.63, 3.8) is 0 Å². The van der Waals surface area contributed by atoms with E-state index in [9.17, 15) is 0 Å². The molecule has 0 fully saturated rings. The van der Waals surface area contributed by atoms with Gasteiger partial charge in [0, 0.05) is 6.92 Å². The maximum Gasteiger partial charge on any atom is 2.00 e. The molecule has 0 unspecified atom stereocenters. The Bertz CT molecular complexity index is 50.9. The van der Waals surface area contributed by atoms with Gasteiger partial charge in [0.15, 0.2) is 0 Å². The van der Waals surface area contributed by atoms with Gasteiger partial charge in [0.2, 0.25) is 0 Å². The van der Waals surface area contributed by atoms with E-state index < -0.39 is 5.97 Å². The van der Waals surface area contributed by atoms with Gasteiger partial charge in [-0.2, -0.15) is 0 Å². The summed E-state index contributed by atoms with van der Waals surface area (Å²) in [6.07, 6.45) is 0. The van der Waals surface area contributed by atoms with Crippen molar-refractivity contribution in [2.45, 2.75) is 6.92 Å². The van der Waals surface area contributed by atoms with Gasteiger partial charge in [0.1, 0.15) is 0 Å². The molecule has 0 aliphatic heterocycles. The van der Waals surface area contributed by atoms with Gasteiger partial charge in [-0.1, -0.05) is 0 Å². The Morgan fingerprint density at radius 2 is 0.800 bits per heavy atom. The van der Waals surface area contributed by atoms with Crippen LogP contribution in [0.25, 0.3) is 0 Å². The van der Waals surface area contributed by atoms with Crippen molar-refractivity contribution >= 4 is 5.97 Å². The molecule has 13 N–H and O–H groups in total. The first-order valence-electron chi connectivity index (χ1n) is 0.928. The third-order valence-electron chi connectivity index (χ3n) is 0. The largest absolute Gasteiger partial charge is 2.00 e. The molecule has 0 saturated heterocycles. The second kappa shape index (κ2) is 156. The first-order valence-corrected chi connectivity index (χ1v) is 0.928. The number of halogens is 3. The predicted octanol–water partition coefficient (Wildman–Crippen LogP) is -16.8. The van der Waals surface area contributed by atoms with Crippen LogP contribution >= 0.6 is 0 Å². The Balaban J connectivity index is -0.000000000818. The Morgan fingerprint density at radius 3 is 0.800 bits per heavy atom. The third kappa shape index (κ3) is 1100. The van der Waals surface area contributed by atoms with E-state index in [0.29, 0.717) is 0 Å². The maximum absolute atomic E-state index is 9.00. The van der Waals surface area contributed by atoms with Crippen molar-refractivity contribution in [2.75, 3.05) is 0 Å². The number of hydrogen-bond acceptors (Lipinski definition) is 1. The molecule has 15 heavy (non-hydrogen) atoms. The van der Waals surface area contributed by atoms with E-state index in [4.69, 9.17) is 9.90 Å². The summed E-state index contributed by atoms with van der Waals surface area (Å²) in [6.45, 7) is 1.08. The summed E-state index contributed by atoms with van der Waals surface area (Å²) in [7, 11) is 0. The molecular weight excluding hydrogens is 337 g/mol. The van der Waals surface area contributed by atoms with Gasteiger partial charge in [-0.3, -0.25) is 4.79 Å². The van der Waals surface area contributed by atoms with Gasteiger partial charge in [-0.25, -0.2) is 0 Å². The minimum atomic E-state index is -0.833. The summed E-state index contributed by atoms with van der Waals surface area (Å²) >= 11 is 0. The molecule has 13 heteroatoms. The van der Waals surface area contributed by atoms with Gasteiger partial charge in [0.05, 0.1) is 0 Å². The Morgan fingerprint density at radius 1 is 0.800 bits per heavy atom. The molecule has 0 aromatic heterocycles. The molecule has 0 aromatic carbocycles. The van der Waals surface area contributed by atoms with E-state index in [1.807, 2.05) is 0 Å². The summed E-state index contributed by atoms with van der Waals surface area (Å²) in [5.74, 6) is -0.833. The average Bonchev–Trinajstić information content (AvgIpc) is 0.811. The SMILES string of the molecule is CC(=O)O.O.O.O.O.O.O.[Cl-].[Cl-].[Cl-].[Fe+2].[Na+]. The molecule has 102 valence electrons. The Labute approximate surface area is 138 Å². The smallest absolute Gasteiger partial charge is 1.00 e. The number of carboxylic acid groups (broad SMARTS) is 1. The monoisotopic (exact) mass is 352 g/mol.